The van der Waals surface area contributed by atoms with Gasteiger partial charge in [-0.05, 0) is 37.1 Å². The van der Waals surface area contributed by atoms with Crippen LogP contribution >= 0.6 is 11.8 Å². The number of nitrogens with one attached hydrogen (secondary N) is 1. The minimum Gasteiger partial charge on any atom is -0.494 e. The van der Waals surface area contributed by atoms with Crippen LogP contribution < -0.4 is 10.1 Å². The van der Waals surface area contributed by atoms with Crippen LogP contribution in [0, 0.1) is 0 Å². The topological polar surface area (TPSA) is 67.8 Å². The van der Waals surface area contributed by atoms with Crippen LogP contribution in [0.1, 0.15) is 38.3 Å². The van der Waals surface area contributed by atoms with Gasteiger partial charge in [0.2, 0.25) is 5.91 Å². The molecule has 2 aliphatic rings. The minimum absolute atomic E-state index is 0.0144. The number of nitrogens with zero attached hydrogens (tertiary/aromatic N) is 1. The first-order chi connectivity index (χ1) is 13.6. The number of carbonyl (C=O) groups excluding carboxylic acids is 2. The van der Waals surface area contributed by atoms with Gasteiger partial charge in [0.05, 0.1) is 28.5 Å². The summed E-state index contributed by atoms with van der Waals surface area (Å²) in [6.45, 7) is 4.74. The second-order valence-corrected chi connectivity index (χ2v) is 7.82. The Morgan fingerprint density at radius 2 is 2.11 bits per heavy atom. The molecular formula is C22H24N2O3S. The molecule has 5 nitrogen and oxygen atoms in total. The average molecular weight is 397 g/mol. The molecule has 6 heteroatoms. The van der Waals surface area contributed by atoms with E-state index in [-0.39, 0.29) is 23.1 Å². The van der Waals surface area contributed by atoms with Gasteiger partial charge >= 0.3 is 0 Å². The molecule has 0 bridgehead atoms. The number of hydrogen-bond donors (Lipinski definition) is 1. The lowest BCUT2D eigenvalue weighted by molar-refractivity contribution is -0.118. The molecule has 1 aromatic carbocycles. The standard InChI is InChI=1S/C22H24N2O3S/c1-3-4-13-27-17-11-9-16(10-12-17)15(2)23-21(25)14-20-22(26)24-18-7-5-6-8-19(18)28-20/h5-12,14-15,19H,3-4,13H2,1-2H3,(H,23,25)/b20-14-. The number of amides is 2. The van der Waals surface area contributed by atoms with E-state index in [0.29, 0.717) is 11.5 Å². The Morgan fingerprint density at radius 3 is 2.86 bits per heavy atom. The molecule has 0 fully saturated rings. The highest BCUT2D eigenvalue weighted by Gasteiger charge is 2.26. The molecule has 2 atom stereocenters. The average Bonchev–Trinajstić information content (AvgIpc) is 2.69. The lowest BCUT2D eigenvalue weighted by Gasteiger charge is -2.20. The second kappa shape index (κ2) is 9.55. The Morgan fingerprint density at radius 1 is 1.32 bits per heavy atom. The van der Waals surface area contributed by atoms with E-state index in [1.165, 1.54) is 17.8 Å². The van der Waals surface area contributed by atoms with Crippen molar-refractivity contribution in [1.29, 1.82) is 0 Å². The van der Waals surface area contributed by atoms with E-state index < -0.39 is 0 Å². The maximum atomic E-state index is 12.4. The number of rotatable bonds is 7. The Balaban J connectivity index is 1.59. The van der Waals surface area contributed by atoms with Crippen LogP contribution in [0.25, 0.3) is 0 Å². The first-order valence-electron chi connectivity index (χ1n) is 9.46. The van der Waals surface area contributed by atoms with Crippen LogP contribution in [0.5, 0.6) is 5.75 Å². The third-order valence-corrected chi connectivity index (χ3v) is 5.62. The summed E-state index contributed by atoms with van der Waals surface area (Å²) in [5.74, 6) is 0.151. The molecule has 146 valence electrons. The van der Waals surface area contributed by atoms with Gasteiger partial charge in [-0.15, -0.1) is 11.8 Å². The Hall–Kier alpha value is -2.60. The highest BCUT2D eigenvalue weighted by molar-refractivity contribution is 8.05. The van der Waals surface area contributed by atoms with Crippen molar-refractivity contribution in [2.75, 3.05) is 6.61 Å². The molecule has 2 amide bonds. The molecule has 1 N–H and O–H groups in total. The van der Waals surface area contributed by atoms with Crippen LogP contribution in [-0.4, -0.2) is 29.4 Å². The zero-order valence-electron chi connectivity index (χ0n) is 16.1. The smallest absolute Gasteiger partial charge is 0.283 e. The van der Waals surface area contributed by atoms with Crippen LogP contribution in [0.4, 0.5) is 0 Å². The number of carbonyl (C=O) groups is 2. The van der Waals surface area contributed by atoms with E-state index in [4.69, 9.17) is 4.74 Å². The largest absolute Gasteiger partial charge is 0.494 e. The number of unbranched alkanes of at least 4 members (excludes halogenated alkanes) is 1. The molecule has 0 aromatic heterocycles. The number of fused-ring (bicyclic) bond motifs is 1. The maximum absolute atomic E-state index is 12.4. The lowest BCUT2D eigenvalue weighted by Crippen LogP contribution is -2.27. The first kappa shape index (κ1) is 20.1. The normalized spacial score (nSPS) is 20.5. The van der Waals surface area contributed by atoms with Crippen LogP contribution in [0.15, 0.2) is 64.5 Å². The van der Waals surface area contributed by atoms with E-state index in [2.05, 4.69) is 17.2 Å². The minimum atomic E-state index is -0.368. The number of hydrogen-bond acceptors (Lipinski definition) is 4. The predicted molar refractivity (Wildman–Crippen MR) is 114 cm³/mol. The fraction of sp³-hybridized carbons (Fsp3) is 0.318. The van der Waals surface area contributed by atoms with E-state index in [1.807, 2.05) is 55.5 Å². The van der Waals surface area contributed by atoms with Crippen molar-refractivity contribution in [3.63, 3.8) is 0 Å². The molecular weight excluding hydrogens is 372 g/mol. The zero-order chi connectivity index (χ0) is 19.9. The Bertz CT molecular complexity index is 853. The molecule has 28 heavy (non-hydrogen) atoms. The van der Waals surface area contributed by atoms with Gasteiger partial charge in [0, 0.05) is 6.08 Å². The molecule has 0 spiro atoms. The van der Waals surface area contributed by atoms with Gasteiger partial charge in [0.25, 0.3) is 5.91 Å². The summed E-state index contributed by atoms with van der Waals surface area (Å²) in [4.78, 5) is 29.0. The molecule has 1 aromatic rings. The lowest BCUT2D eigenvalue weighted by atomic mass is 10.1. The van der Waals surface area contributed by atoms with Gasteiger partial charge in [-0.3, -0.25) is 9.59 Å². The number of ether oxygens (including phenoxy) is 1. The summed E-state index contributed by atoms with van der Waals surface area (Å²) in [6, 6.07) is 7.51. The van der Waals surface area contributed by atoms with Gasteiger partial charge in [-0.2, -0.15) is 0 Å². The van der Waals surface area contributed by atoms with Crippen molar-refractivity contribution in [2.24, 2.45) is 4.99 Å². The van der Waals surface area contributed by atoms with Crippen LogP contribution in [0.2, 0.25) is 0 Å². The van der Waals surface area contributed by atoms with Crippen LogP contribution in [0.3, 0.4) is 0 Å². The summed E-state index contributed by atoms with van der Waals surface area (Å²) < 4.78 is 5.66. The molecule has 1 aliphatic carbocycles. The first-order valence-corrected chi connectivity index (χ1v) is 10.3. The molecule has 3 rings (SSSR count). The van der Waals surface area contributed by atoms with Gasteiger partial charge < -0.3 is 10.1 Å². The number of benzene rings is 1. The SMILES string of the molecule is CCCCOc1ccc(C(C)NC(=O)/C=C2\SC3C=CC=CC3=NC2=O)cc1. The summed E-state index contributed by atoms with van der Waals surface area (Å²) in [6.07, 6.45) is 11.0. The number of thioether (sulfide) groups is 1. The third kappa shape index (κ3) is 5.23. The summed E-state index contributed by atoms with van der Waals surface area (Å²) in [5, 5.41) is 2.89. The van der Waals surface area contributed by atoms with Gasteiger partial charge in [0.15, 0.2) is 0 Å². The van der Waals surface area contributed by atoms with Gasteiger partial charge in [0.1, 0.15) is 5.75 Å². The summed E-state index contributed by atoms with van der Waals surface area (Å²) >= 11 is 1.35. The van der Waals surface area contributed by atoms with Crippen molar-refractivity contribution >= 4 is 29.3 Å². The summed E-state index contributed by atoms with van der Waals surface area (Å²) in [5.41, 5.74) is 1.70. The highest BCUT2D eigenvalue weighted by atomic mass is 32.2. The van der Waals surface area contributed by atoms with Crippen LogP contribution in [-0.2, 0) is 9.59 Å². The van der Waals surface area contributed by atoms with Crippen molar-refractivity contribution in [2.45, 2.75) is 38.0 Å². The van der Waals surface area contributed by atoms with E-state index in [9.17, 15) is 9.59 Å². The van der Waals surface area contributed by atoms with Crippen molar-refractivity contribution in [1.82, 2.24) is 5.32 Å². The van der Waals surface area contributed by atoms with Crippen molar-refractivity contribution in [3.05, 3.63) is 65.1 Å². The Labute approximate surface area is 169 Å². The maximum Gasteiger partial charge on any atom is 0.283 e. The van der Waals surface area contributed by atoms with E-state index in [1.54, 1.807) is 0 Å². The molecule has 0 saturated heterocycles. The molecule has 0 saturated carbocycles. The van der Waals surface area contributed by atoms with E-state index >= 15 is 0 Å². The predicted octanol–water partition coefficient (Wildman–Crippen LogP) is 4.14. The van der Waals surface area contributed by atoms with Crippen molar-refractivity contribution in [3.8, 4) is 5.75 Å². The van der Waals surface area contributed by atoms with E-state index in [0.717, 1.165) is 29.9 Å². The van der Waals surface area contributed by atoms with Gasteiger partial charge in [-0.1, -0.05) is 43.7 Å². The molecule has 1 aliphatic heterocycles. The number of allylic oxidation sites excluding steroid dienone is 3. The summed E-state index contributed by atoms with van der Waals surface area (Å²) in [7, 11) is 0. The zero-order valence-corrected chi connectivity index (χ0v) is 16.9. The third-order valence-electron chi connectivity index (χ3n) is 4.42. The molecule has 1 heterocycles. The molecule has 0 radical (unpaired) electrons. The fourth-order valence-corrected chi connectivity index (χ4v) is 3.83. The second-order valence-electron chi connectivity index (χ2n) is 6.63. The molecule has 2 unspecified atom stereocenters. The van der Waals surface area contributed by atoms with Crippen molar-refractivity contribution < 1.29 is 14.3 Å². The monoisotopic (exact) mass is 396 g/mol. The number of aliphatic imine (C=N–C) groups is 1. The highest BCUT2D eigenvalue weighted by Crippen LogP contribution is 2.31. The fourth-order valence-electron chi connectivity index (χ4n) is 2.81. The quantitative estimate of drug-likeness (QED) is 0.556. The Kier molecular flexibility index (Phi) is 6.87. The van der Waals surface area contributed by atoms with Gasteiger partial charge in [-0.25, -0.2) is 4.99 Å².